The normalized spacial score (nSPS) is 12.3. The van der Waals surface area contributed by atoms with E-state index in [1.54, 1.807) is 0 Å². The quantitative estimate of drug-likeness (QED) is 0.730. The number of H-pyrrole nitrogens is 1. The molecule has 2 rings (SSSR count). The topological polar surface area (TPSA) is 71.2 Å². The molecule has 130 valence electrons. The van der Waals surface area contributed by atoms with Gasteiger partial charge in [-0.1, -0.05) is 38.5 Å². The van der Waals surface area contributed by atoms with Crippen molar-refractivity contribution >= 4 is 22.8 Å². The van der Waals surface area contributed by atoms with Gasteiger partial charge < -0.3 is 15.0 Å². The van der Waals surface area contributed by atoms with Crippen molar-refractivity contribution in [2.45, 2.75) is 45.6 Å². The number of para-hydroxylation sites is 1. The molecule has 0 saturated heterocycles. The number of fused-ring (bicyclic) bond motifs is 1. The van der Waals surface area contributed by atoms with Crippen LogP contribution in [0.3, 0.4) is 0 Å². The molecule has 0 spiro atoms. The van der Waals surface area contributed by atoms with Crippen LogP contribution in [0.2, 0.25) is 0 Å². The van der Waals surface area contributed by atoms with Gasteiger partial charge in [-0.05, 0) is 24.0 Å². The fourth-order valence-corrected chi connectivity index (χ4v) is 2.79. The molecule has 5 nitrogen and oxygen atoms in total. The molecule has 0 aliphatic carbocycles. The van der Waals surface area contributed by atoms with E-state index in [1.165, 1.54) is 7.11 Å². The summed E-state index contributed by atoms with van der Waals surface area (Å²) >= 11 is 0. The minimum atomic E-state index is -0.666. The third-order valence-electron chi connectivity index (χ3n) is 4.11. The second-order valence-corrected chi connectivity index (χ2v) is 6.49. The molecule has 2 aromatic rings. The minimum absolute atomic E-state index is 0.106. The Morgan fingerprint density at radius 2 is 2.00 bits per heavy atom. The van der Waals surface area contributed by atoms with Crippen molar-refractivity contribution in [2.75, 3.05) is 7.11 Å². The largest absolute Gasteiger partial charge is 0.467 e. The highest BCUT2D eigenvalue weighted by atomic mass is 16.5. The Morgan fingerprint density at radius 3 is 2.71 bits per heavy atom. The van der Waals surface area contributed by atoms with E-state index in [0.717, 1.165) is 29.3 Å². The number of nitrogens with one attached hydrogen (secondary N) is 2. The fourth-order valence-electron chi connectivity index (χ4n) is 2.79. The Balaban J connectivity index is 2.03. The second-order valence-electron chi connectivity index (χ2n) is 6.49. The first-order valence-electron chi connectivity index (χ1n) is 8.43. The molecule has 0 fully saturated rings. The van der Waals surface area contributed by atoms with E-state index < -0.39 is 12.0 Å². The van der Waals surface area contributed by atoms with Gasteiger partial charge in [0.05, 0.1) is 7.11 Å². The Bertz CT molecular complexity index is 691. The Hall–Kier alpha value is -2.30. The number of methoxy groups -OCH3 is 1. The van der Waals surface area contributed by atoms with E-state index in [2.05, 4.69) is 24.1 Å². The number of ether oxygens (including phenoxy) is 1. The van der Waals surface area contributed by atoms with E-state index in [0.29, 0.717) is 18.8 Å². The van der Waals surface area contributed by atoms with Gasteiger partial charge in [0, 0.05) is 29.9 Å². The zero-order chi connectivity index (χ0) is 17.5. The van der Waals surface area contributed by atoms with Gasteiger partial charge in [-0.25, -0.2) is 4.79 Å². The summed E-state index contributed by atoms with van der Waals surface area (Å²) in [4.78, 5) is 27.4. The zero-order valence-electron chi connectivity index (χ0n) is 14.6. The van der Waals surface area contributed by atoms with E-state index in [1.807, 2.05) is 30.5 Å². The summed E-state index contributed by atoms with van der Waals surface area (Å²) in [5.41, 5.74) is 2.00. The van der Waals surface area contributed by atoms with Gasteiger partial charge in [-0.2, -0.15) is 0 Å². The number of hydrogen-bond acceptors (Lipinski definition) is 3. The van der Waals surface area contributed by atoms with Gasteiger partial charge in [-0.15, -0.1) is 0 Å². The van der Waals surface area contributed by atoms with Gasteiger partial charge in [0.2, 0.25) is 5.91 Å². The maximum Gasteiger partial charge on any atom is 0.328 e. The molecule has 24 heavy (non-hydrogen) atoms. The third-order valence-corrected chi connectivity index (χ3v) is 4.11. The van der Waals surface area contributed by atoms with Gasteiger partial charge in [0.25, 0.3) is 0 Å². The highest BCUT2D eigenvalue weighted by Gasteiger charge is 2.23. The lowest BCUT2D eigenvalue weighted by Crippen LogP contribution is -2.43. The molecule has 0 unspecified atom stereocenters. The molecule has 1 heterocycles. The Morgan fingerprint density at radius 1 is 1.25 bits per heavy atom. The van der Waals surface area contributed by atoms with Crippen molar-refractivity contribution < 1.29 is 14.3 Å². The predicted octanol–water partition coefficient (Wildman–Crippen LogP) is 3.19. The number of amides is 1. The van der Waals surface area contributed by atoms with Crippen LogP contribution >= 0.6 is 0 Å². The highest BCUT2D eigenvalue weighted by Crippen LogP contribution is 2.19. The lowest BCUT2D eigenvalue weighted by atomic mass is 10.0. The second kappa shape index (κ2) is 8.52. The lowest BCUT2D eigenvalue weighted by molar-refractivity contribution is -0.145. The standard InChI is InChI=1S/C19H26N2O3/c1-13(2)7-6-10-18(22)21-17(19(23)24-3)11-14-12-20-16-9-5-4-8-15(14)16/h4-5,8-9,12-13,17,20H,6-7,10-11H2,1-3H3,(H,21,22)/t17-/m0/s1. The molecule has 2 N–H and O–H groups in total. The zero-order valence-corrected chi connectivity index (χ0v) is 14.6. The smallest absolute Gasteiger partial charge is 0.328 e. The molecule has 1 aromatic heterocycles. The summed E-state index contributed by atoms with van der Waals surface area (Å²) in [6.07, 6.45) is 4.54. The third kappa shape index (κ3) is 4.85. The van der Waals surface area contributed by atoms with Crippen molar-refractivity contribution in [1.82, 2.24) is 10.3 Å². The summed E-state index contributed by atoms with van der Waals surface area (Å²) in [7, 11) is 1.34. The molecule has 0 bridgehead atoms. The lowest BCUT2D eigenvalue weighted by Gasteiger charge is -2.16. The van der Waals surface area contributed by atoms with Gasteiger partial charge in [-0.3, -0.25) is 4.79 Å². The maximum absolute atomic E-state index is 12.1. The molecule has 0 saturated carbocycles. The van der Waals surface area contributed by atoms with Crippen molar-refractivity contribution in [2.24, 2.45) is 5.92 Å². The monoisotopic (exact) mass is 330 g/mol. The summed E-state index contributed by atoms with van der Waals surface area (Å²) in [5.74, 6) is 0.0452. The first-order valence-corrected chi connectivity index (χ1v) is 8.43. The summed E-state index contributed by atoms with van der Waals surface area (Å²) in [6.45, 7) is 4.26. The van der Waals surface area contributed by atoms with Crippen LogP contribution in [0, 0.1) is 5.92 Å². The van der Waals surface area contributed by atoms with E-state index in [9.17, 15) is 9.59 Å². The summed E-state index contributed by atoms with van der Waals surface area (Å²) in [6, 6.07) is 7.23. The molecule has 0 aliphatic heterocycles. The van der Waals surface area contributed by atoms with E-state index >= 15 is 0 Å². The summed E-state index contributed by atoms with van der Waals surface area (Å²) in [5, 5.41) is 3.87. The van der Waals surface area contributed by atoms with Gasteiger partial charge >= 0.3 is 5.97 Å². The number of esters is 1. The van der Waals surface area contributed by atoms with Crippen molar-refractivity contribution in [3.63, 3.8) is 0 Å². The average molecular weight is 330 g/mol. The van der Waals surface area contributed by atoms with Crippen LogP contribution in [0.15, 0.2) is 30.5 Å². The van der Waals surface area contributed by atoms with Crippen LogP contribution in [0.1, 0.15) is 38.7 Å². The number of benzene rings is 1. The molecule has 0 radical (unpaired) electrons. The highest BCUT2D eigenvalue weighted by molar-refractivity contribution is 5.87. The molecular weight excluding hydrogens is 304 g/mol. The van der Waals surface area contributed by atoms with Crippen LogP contribution in [-0.2, 0) is 20.7 Å². The molecular formula is C19H26N2O3. The number of aromatic nitrogens is 1. The average Bonchev–Trinajstić information content (AvgIpc) is 2.96. The first-order chi connectivity index (χ1) is 11.5. The number of aromatic amines is 1. The number of carbonyl (C=O) groups excluding carboxylic acids is 2. The Labute approximate surface area is 142 Å². The molecule has 1 amide bonds. The van der Waals surface area contributed by atoms with Gasteiger partial charge in [0.1, 0.15) is 6.04 Å². The van der Waals surface area contributed by atoms with Crippen LogP contribution in [0.25, 0.3) is 10.9 Å². The molecule has 1 aromatic carbocycles. The summed E-state index contributed by atoms with van der Waals surface area (Å²) < 4.78 is 4.85. The van der Waals surface area contributed by atoms with Crippen molar-refractivity contribution in [1.29, 1.82) is 0 Å². The first kappa shape index (κ1) is 18.0. The van der Waals surface area contributed by atoms with Crippen LogP contribution < -0.4 is 5.32 Å². The number of carbonyl (C=O) groups is 2. The maximum atomic E-state index is 12.1. The number of hydrogen-bond donors (Lipinski definition) is 2. The fraction of sp³-hybridized carbons (Fsp3) is 0.474. The molecule has 0 aliphatic rings. The molecule has 1 atom stereocenters. The Kier molecular flexibility index (Phi) is 6.41. The molecule has 5 heteroatoms. The van der Waals surface area contributed by atoms with Crippen LogP contribution in [0.5, 0.6) is 0 Å². The van der Waals surface area contributed by atoms with Crippen molar-refractivity contribution in [3.8, 4) is 0 Å². The predicted molar refractivity (Wildman–Crippen MR) is 94.6 cm³/mol. The SMILES string of the molecule is COC(=O)[C@H](Cc1c[nH]c2ccccc12)NC(=O)CCCC(C)C. The van der Waals surface area contributed by atoms with Crippen molar-refractivity contribution in [3.05, 3.63) is 36.0 Å². The minimum Gasteiger partial charge on any atom is -0.467 e. The van der Waals surface area contributed by atoms with E-state index in [4.69, 9.17) is 4.74 Å². The van der Waals surface area contributed by atoms with Crippen LogP contribution in [0.4, 0.5) is 0 Å². The van der Waals surface area contributed by atoms with Gasteiger partial charge in [0.15, 0.2) is 0 Å². The van der Waals surface area contributed by atoms with E-state index in [-0.39, 0.29) is 5.91 Å². The van der Waals surface area contributed by atoms with Crippen LogP contribution in [-0.4, -0.2) is 30.0 Å². The number of rotatable bonds is 8.